The Hall–Kier alpha value is -3.01. The van der Waals surface area contributed by atoms with Crippen LogP contribution in [0.3, 0.4) is 0 Å². The van der Waals surface area contributed by atoms with Crippen LogP contribution in [0.4, 0.5) is 5.82 Å². The number of carbonyl (C=O) groups is 1. The number of benzene rings is 1. The predicted octanol–water partition coefficient (Wildman–Crippen LogP) is 0.365. The van der Waals surface area contributed by atoms with E-state index in [0.717, 1.165) is 11.8 Å². The van der Waals surface area contributed by atoms with Gasteiger partial charge < -0.3 is 40.4 Å². The average molecular weight is 550 g/mol. The molecule has 1 saturated heterocycles. The van der Waals surface area contributed by atoms with E-state index < -0.39 is 43.2 Å². The second kappa shape index (κ2) is 12.2. The average Bonchev–Trinajstić information content (AvgIpc) is 3.42. The van der Waals surface area contributed by atoms with Crippen LogP contribution in [0.5, 0.6) is 5.75 Å². The number of nitrogens with zero attached hydrogens (tertiary/aromatic N) is 4. The van der Waals surface area contributed by atoms with Crippen molar-refractivity contribution in [3.63, 3.8) is 0 Å². The topological polar surface area (TPSA) is 195 Å². The van der Waals surface area contributed by atoms with Crippen molar-refractivity contribution in [1.82, 2.24) is 19.5 Å². The molecule has 0 amide bonds. The van der Waals surface area contributed by atoms with Crippen LogP contribution < -0.4 is 10.5 Å². The van der Waals surface area contributed by atoms with E-state index in [4.69, 9.17) is 19.9 Å². The predicted molar refractivity (Wildman–Crippen MR) is 137 cm³/mol. The van der Waals surface area contributed by atoms with Crippen molar-refractivity contribution in [1.29, 1.82) is 0 Å². The number of ether oxygens (including phenoxy) is 3. The van der Waals surface area contributed by atoms with Gasteiger partial charge in [-0.2, -0.15) is 0 Å². The zero-order valence-electron chi connectivity index (χ0n) is 20.9. The van der Waals surface area contributed by atoms with Gasteiger partial charge in [0.15, 0.2) is 28.4 Å². The van der Waals surface area contributed by atoms with E-state index in [1.54, 1.807) is 24.3 Å². The molecule has 0 aliphatic carbocycles. The summed E-state index contributed by atoms with van der Waals surface area (Å²) in [4.78, 5) is 24.6. The number of aliphatic hydroxyl groups is 4. The van der Waals surface area contributed by atoms with Crippen LogP contribution in [0.15, 0.2) is 35.7 Å². The van der Waals surface area contributed by atoms with Gasteiger partial charge in [-0.05, 0) is 30.2 Å². The van der Waals surface area contributed by atoms with Crippen molar-refractivity contribution in [2.75, 3.05) is 31.3 Å². The van der Waals surface area contributed by atoms with Crippen LogP contribution in [-0.4, -0.2) is 95.9 Å². The summed E-state index contributed by atoms with van der Waals surface area (Å²) in [6.07, 6.45) is -4.45. The first-order valence-corrected chi connectivity index (χ1v) is 13.0. The van der Waals surface area contributed by atoms with Crippen molar-refractivity contribution in [3.8, 4) is 5.75 Å². The number of fused-ring (bicyclic) bond motifs is 1. The molecule has 1 fully saturated rings. The van der Waals surface area contributed by atoms with E-state index in [-0.39, 0.29) is 35.3 Å². The molecule has 6 N–H and O–H groups in total. The molecule has 0 radical (unpaired) electrons. The first-order chi connectivity index (χ1) is 18.2. The Balaban J connectivity index is 1.40. The Morgan fingerprint density at radius 3 is 2.58 bits per heavy atom. The number of rotatable bonds is 11. The number of nitrogens with two attached hydrogens (primary N) is 1. The summed E-state index contributed by atoms with van der Waals surface area (Å²) in [6, 6.07) is 6.42. The number of esters is 1. The highest BCUT2D eigenvalue weighted by Crippen LogP contribution is 2.36. The molecule has 0 bridgehead atoms. The van der Waals surface area contributed by atoms with E-state index in [0.29, 0.717) is 23.1 Å². The summed E-state index contributed by atoms with van der Waals surface area (Å²) in [5.41, 5.74) is 6.90. The van der Waals surface area contributed by atoms with Crippen LogP contribution >= 0.6 is 11.8 Å². The maximum Gasteiger partial charge on any atom is 0.338 e. The van der Waals surface area contributed by atoms with Gasteiger partial charge in [0.1, 0.15) is 37.0 Å². The largest absolute Gasteiger partial charge is 0.491 e. The molecule has 2 aromatic heterocycles. The third-order valence-corrected chi connectivity index (χ3v) is 6.83. The molecule has 1 aromatic carbocycles. The van der Waals surface area contributed by atoms with Gasteiger partial charge in [-0.15, -0.1) is 0 Å². The Morgan fingerprint density at radius 2 is 1.92 bits per heavy atom. The Bertz CT molecular complexity index is 1240. The quantitative estimate of drug-likeness (QED) is 0.163. The molecule has 0 saturated carbocycles. The van der Waals surface area contributed by atoms with E-state index in [9.17, 15) is 25.2 Å². The summed E-state index contributed by atoms with van der Waals surface area (Å²) in [5, 5.41) is 41.1. The van der Waals surface area contributed by atoms with E-state index >= 15 is 0 Å². The standard InChI is InChI=1S/C24H31N5O8S/c1-12(2)8-36-23(34)13-3-5-15(6-4-13)35-9-14(31)10-38-24-28-17-20(25)26-11-27-21(17)29(24)22-19(33)18(32)16(7-30)37-22/h3-6,11-12,14,16,18-19,22,30-33H,7-10H2,1-2H3,(H2,25,26,27)/t14-,16-,18-,19-,22-/m1/s1. The molecule has 3 heterocycles. The first-order valence-electron chi connectivity index (χ1n) is 12.0. The van der Waals surface area contributed by atoms with Crippen LogP contribution in [0.2, 0.25) is 0 Å². The lowest BCUT2D eigenvalue weighted by molar-refractivity contribution is -0.0548. The molecule has 14 heteroatoms. The molecule has 4 rings (SSSR count). The third kappa shape index (κ3) is 6.17. The number of hydrogen-bond donors (Lipinski definition) is 5. The maximum absolute atomic E-state index is 12.0. The van der Waals surface area contributed by atoms with Crippen LogP contribution in [0, 0.1) is 5.92 Å². The molecule has 206 valence electrons. The molecule has 38 heavy (non-hydrogen) atoms. The molecular formula is C24H31N5O8S. The molecule has 0 unspecified atom stereocenters. The second-order valence-electron chi connectivity index (χ2n) is 9.22. The molecule has 1 aliphatic rings. The van der Waals surface area contributed by atoms with Crippen molar-refractivity contribution in [2.45, 2.75) is 49.6 Å². The van der Waals surface area contributed by atoms with Gasteiger partial charge in [0.25, 0.3) is 0 Å². The van der Waals surface area contributed by atoms with E-state index in [1.165, 1.54) is 10.9 Å². The normalized spacial score (nSPS) is 22.2. The smallest absolute Gasteiger partial charge is 0.338 e. The fraction of sp³-hybridized carbons (Fsp3) is 0.500. The molecule has 0 spiro atoms. The monoisotopic (exact) mass is 549 g/mol. The molecule has 13 nitrogen and oxygen atoms in total. The van der Waals surface area contributed by atoms with Crippen LogP contribution in [0.25, 0.3) is 11.2 Å². The Morgan fingerprint density at radius 1 is 1.18 bits per heavy atom. The lowest BCUT2D eigenvalue weighted by Gasteiger charge is -2.19. The maximum atomic E-state index is 12.0. The molecule has 1 aliphatic heterocycles. The number of nitrogen functional groups attached to an aromatic ring is 1. The van der Waals surface area contributed by atoms with Crippen molar-refractivity contribution in [3.05, 3.63) is 36.2 Å². The summed E-state index contributed by atoms with van der Waals surface area (Å²) in [5.74, 6) is 0.552. The summed E-state index contributed by atoms with van der Waals surface area (Å²) in [7, 11) is 0. The highest BCUT2D eigenvalue weighted by molar-refractivity contribution is 7.99. The van der Waals surface area contributed by atoms with Crippen LogP contribution in [0.1, 0.15) is 30.4 Å². The molecule has 5 atom stereocenters. The zero-order chi connectivity index (χ0) is 27.4. The lowest BCUT2D eigenvalue weighted by Crippen LogP contribution is -2.33. The number of aromatic nitrogens is 4. The Kier molecular flexibility index (Phi) is 9.02. The fourth-order valence-corrected chi connectivity index (χ4v) is 4.68. The van der Waals surface area contributed by atoms with Gasteiger partial charge in [0.2, 0.25) is 0 Å². The zero-order valence-corrected chi connectivity index (χ0v) is 21.7. The van der Waals surface area contributed by atoms with E-state index in [1.807, 2.05) is 13.8 Å². The SMILES string of the molecule is CC(C)COC(=O)c1ccc(OC[C@@H](O)CSc2nc3c(N)ncnc3n2[C@@H]2O[C@H](CO)[C@@H](O)[C@H]2O)cc1. The molecule has 3 aromatic rings. The summed E-state index contributed by atoms with van der Waals surface area (Å²) in [6.45, 7) is 3.71. The Labute approximate surface area is 222 Å². The summed E-state index contributed by atoms with van der Waals surface area (Å²) >= 11 is 1.14. The number of imidazole rings is 1. The van der Waals surface area contributed by atoms with Gasteiger partial charge in [-0.3, -0.25) is 4.57 Å². The van der Waals surface area contributed by atoms with Gasteiger partial charge in [0.05, 0.1) is 24.9 Å². The lowest BCUT2D eigenvalue weighted by atomic mass is 10.1. The van der Waals surface area contributed by atoms with Crippen molar-refractivity contribution in [2.24, 2.45) is 5.92 Å². The second-order valence-corrected chi connectivity index (χ2v) is 10.2. The number of anilines is 1. The van der Waals surface area contributed by atoms with Gasteiger partial charge in [-0.1, -0.05) is 25.6 Å². The van der Waals surface area contributed by atoms with Gasteiger partial charge in [0, 0.05) is 5.75 Å². The highest BCUT2D eigenvalue weighted by atomic mass is 32.2. The first kappa shape index (κ1) is 28.0. The fourth-order valence-electron chi connectivity index (χ4n) is 3.75. The number of aliphatic hydroxyl groups excluding tert-OH is 4. The van der Waals surface area contributed by atoms with Crippen LogP contribution in [-0.2, 0) is 9.47 Å². The van der Waals surface area contributed by atoms with Gasteiger partial charge in [-0.25, -0.2) is 19.7 Å². The minimum absolute atomic E-state index is 0.0415. The summed E-state index contributed by atoms with van der Waals surface area (Å²) < 4.78 is 18.0. The minimum atomic E-state index is -1.36. The van der Waals surface area contributed by atoms with Gasteiger partial charge >= 0.3 is 5.97 Å². The number of carbonyl (C=O) groups excluding carboxylic acids is 1. The van der Waals surface area contributed by atoms with Crippen molar-refractivity contribution < 1.29 is 39.4 Å². The minimum Gasteiger partial charge on any atom is -0.491 e. The third-order valence-electron chi connectivity index (χ3n) is 5.73. The number of thioether (sulfide) groups is 1. The van der Waals surface area contributed by atoms with E-state index in [2.05, 4.69) is 15.0 Å². The molecular weight excluding hydrogens is 518 g/mol. The highest BCUT2D eigenvalue weighted by Gasteiger charge is 2.45. The van der Waals surface area contributed by atoms with Crippen molar-refractivity contribution >= 4 is 34.7 Å². The number of hydrogen-bond acceptors (Lipinski definition) is 13.